The minimum Gasteiger partial charge on any atom is -0.394 e. The molecule has 6 heteroatoms. The van der Waals surface area contributed by atoms with Crippen LogP contribution in [0.4, 0.5) is 5.95 Å². The lowest BCUT2D eigenvalue weighted by atomic mass is 10.1. The second-order valence-electron chi connectivity index (χ2n) is 4.88. The highest BCUT2D eigenvalue weighted by molar-refractivity contribution is 5.85. The van der Waals surface area contributed by atoms with E-state index in [0.717, 1.165) is 19.4 Å². The van der Waals surface area contributed by atoms with Crippen LogP contribution in [0.3, 0.4) is 0 Å². The summed E-state index contributed by atoms with van der Waals surface area (Å²) in [4.78, 5) is 24.4. The molecule has 1 aliphatic heterocycles. The van der Waals surface area contributed by atoms with Crippen LogP contribution in [0.2, 0.25) is 0 Å². The third-order valence-corrected chi connectivity index (χ3v) is 3.62. The number of likely N-dealkylation sites (N-methyl/N-ethyl adjacent to an activating group) is 1. The van der Waals surface area contributed by atoms with Crippen LogP contribution < -0.4 is 4.90 Å². The van der Waals surface area contributed by atoms with E-state index in [1.165, 1.54) is 0 Å². The Morgan fingerprint density at radius 3 is 2.89 bits per heavy atom. The minimum absolute atomic E-state index is 0.0199. The third-order valence-electron chi connectivity index (χ3n) is 3.62. The smallest absolute Gasteiger partial charge is 0.245 e. The Balaban J connectivity index is 2.13. The maximum absolute atomic E-state index is 12.4. The predicted octanol–water partition coefficient (Wildman–Crippen LogP) is 0.285. The van der Waals surface area contributed by atoms with E-state index in [4.69, 9.17) is 5.11 Å². The highest BCUT2D eigenvalue weighted by Crippen LogP contribution is 2.23. The van der Waals surface area contributed by atoms with Crippen molar-refractivity contribution in [2.75, 3.05) is 25.1 Å². The first-order chi connectivity index (χ1) is 9.15. The Kier molecular flexibility index (Phi) is 4.31. The Labute approximate surface area is 113 Å². The molecule has 2 atom stereocenters. The average molecular weight is 264 g/mol. The summed E-state index contributed by atoms with van der Waals surface area (Å²) in [6, 6.07) is 1.36. The molecule has 2 rings (SSSR count). The lowest BCUT2D eigenvalue weighted by Gasteiger charge is -2.30. The van der Waals surface area contributed by atoms with Crippen LogP contribution in [0, 0.1) is 0 Å². The van der Waals surface area contributed by atoms with Crippen LogP contribution in [0.25, 0.3) is 0 Å². The van der Waals surface area contributed by atoms with Gasteiger partial charge in [-0.15, -0.1) is 0 Å². The summed E-state index contributed by atoms with van der Waals surface area (Å²) in [5.41, 5.74) is 0. The molecule has 0 saturated carbocycles. The Morgan fingerprint density at radius 2 is 2.26 bits per heavy atom. The largest absolute Gasteiger partial charge is 0.394 e. The van der Waals surface area contributed by atoms with Crippen LogP contribution >= 0.6 is 0 Å². The number of amides is 1. The fourth-order valence-corrected chi connectivity index (χ4v) is 2.28. The van der Waals surface area contributed by atoms with Crippen molar-refractivity contribution in [3.63, 3.8) is 0 Å². The lowest BCUT2D eigenvalue weighted by Crippen LogP contribution is -2.48. The molecule has 2 unspecified atom stereocenters. The van der Waals surface area contributed by atoms with Gasteiger partial charge >= 0.3 is 0 Å². The van der Waals surface area contributed by atoms with E-state index in [-0.39, 0.29) is 24.6 Å². The van der Waals surface area contributed by atoms with Crippen molar-refractivity contribution < 1.29 is 9.90 Å². The van der Waals surface area contributed by atoms with Crippen molar-refractivity contribution in [1.29, 1.82) is 0 Å². The number of aliphatic hydroxyl groups is 1. The first kappa shape index (κ1) is 13.7. The first-order valence-electron chi connectivity index (χ1n) is 6.56. The van der Waals surface area contributed by atoms with Crippen molar-refractivity contribution >= 4 is 11.9 Å². The van der Waals surface area contributed by atoms with E-state index in [9.17, 15) is 4.79 Å². The summed E-state index contributed by atoms with van der Waals surface area (Å²) < 4.78 is 0. The van der Waals surface area contributed by atoms with E-state index in [1.54, 1.807) is 30.4 Å². The fraction of sp³-hybridized carbons (Fsp3) is 0.615. The Hall–Kier alpha value is -1.69. The van der Waals surface area contributed by atoms with Gasteiger partial charge in [0.15, 0.2) is 0 Å². The molecule has 0 aliphatic carbocycles. The van der Waals surface area contributed by atoms with E-state index in [1.807, 2.05) is 11.8 Å². The number of hydrogen-bond donors (Lipinski definition) is 1. The molecule has 2 heterocycles. The highest BCUT2D eigenvalue weighted by atomic mass is 16.3. The van der Waals surface area contributed by atoms with Gasteiger partial charge in [0.2, 0.25) is 11.9 Å². The normalized spacial score (nSPS) is 20.4. The van der Waals surface area contributed by atoms with Crippen molar-refractivity contribution in [2.24, 2.45) is 0 Å². The van der Waals surface area contributed by atoms with Gasteiger partial charge in [0, 0.05) is 26.0 Å². The number of carbonyl (C=O) groups is 1. The van der Waals surface area contributed by atoms with Gasteiger partial charge in [0.25, 0.3) is 0 Å². The molecule has 104 valence electrons. The number of hydrogen-bond acceptors (Lipinski definition) is 5. The van der Waals surface area contributed by atoms with E-state index >= 15 is 0 Å². The van der Waals surface area contributed by atoms with Crippen LogP contribution in [0.15, 0.2) is 18.5 Å². The van der Waals surface area contributed by atoms with Gasteiger partial charge in [-0.25, -0.2) is 9.97 Å². The third kappa shape index (κ3) is 2.84. The van der Waals surface area contributed by atoms with Gasteiger partial charge in [-0.3, -0.25) is 4.79 Å². The zero-order valence-electron chi connectivity index (χ0n) is 11.4. The fourth-order valence-electron chi connectivity index (χ4n) is 2.28. The summed E-state index contributed by atoms with van der Waals surface area (Å²) in [6.07, 6.45) is 5.13. The molecular formula is C13H20N4O2. The molecule has 0 spiro atoms. The average Bonchev–Trinajstić information content (AvgIpc) is 2.95. The first-order valence-corrected chi connectivity index (χ1v) is 6.56. The maximum atomic E-state index is 12.4. The van der Waals surface area contributed by atoms with Crippen molar-refractivity contribution in [3.8, 4) is 0 Å². The second kappa shape index (κ2) is 5.97. The number of aromatic nitrogens is 2. The van der Waals surface area contributed by atoms with Gasteiger partial charge in [-0.2, -0.15) is 0 Å². The molecule has 19 heavy (non-hydrogen) atoms. The topological polar surface area (TPSA) is 69.6 Å². The quantitative estimate of drug-likeness (QED) is 0.846. The van der Waals surface area contributed by atoms with Gasteiger partial charge < -0.3 is 14.9 Å². The number of aliphatic hydroxyl groups excluding tert-OH is 1. The molecule has 0 radical (unpaired) electrons. The zero-order valence-corrected chi connectivity index (χ0v) is 11.4. The molecule has 6 nitrogen and oxygen atoms in total. The standard InChI is InChI=1S/C13H20N4O2/c1-10(9-18)16(2)12(19)11-5-3-8-17(11)13-14-6-4-7-15-13/h4,6-7,10-11,18H,3,5,8-9H2,1-2H3. The zero-order chi connectivity index (χ0) is 13.8. The van der Waals surface area contributed by atoms with Crippen LogP contribution in [-0.4, -0.2) is 58.2 Å². The molecule has 0 bridgehead atoms. The molecule has 0 aromatic carbocycles. The molecule has 1 aliphatic rings. The van der Waals surface area contributed by atoms with E-state index in [0.29, 0.717) is 5.95 Å². The second-order valence-corrected chi connectivity index (χ2v) is 4.88. The summed E-state index contributed by atoms with van der Waals surface area (Å²) in [7, 11) is 1.73. The van der Waals surface area contributed by atoms with Gasteiger partial charge in [0.1, 0.15) is 6.04 Å². The van der Waals surface area contributed by atoms with Crippen LogP contribution in [0.1, 0.15) is 19.8 Å². The SMILES string of the molecule is CC(CO)N(C)C(=O)C1CCCN1c1ncccn1. The van der Waals surface area contributed by atoms with Gasteiger partial charge in [0.05, 0.1) is 12.6 Å². The number of rotatable bonds is 4. The molecule has 1 aromatic heterocycles. The maximum Gasteiger partial charge on any atom is 0.245 e. The molecule has 1 amide bonds. The monoisotopic (exact) mass is 264 g/mol. The molecule has 1 saturated heterocycles. The summed E-state index contributed by atoms with van der Waals surface area (Å²) in [5, 5.41) is 9.15. The number of anilines is 1. The Bertz CT molecular complexity index is 426. The highest BCUT2D eigenvalue weighted by Gasteiger charge is 2.35. The summed E-state index contributed by atoms with van der Waals surface area (Å²) in [5.74, 6) is 0.620. The lowest BCUT2D eigenvalue weighted by molar-refractivity contribution is -0.133. The molecule has 1 N–H and O–H groups in total. The van der Waals surface area contributed by atoms with Gasteiger partial charge in [-0.1, -0.05) is 0 Å². The van der Waals surface area contributed by atoms with Crippen molar-refractivity contribution in [3.05, 3.63) is 18.5 Å². The predicted molar refractivity (Wildman–Crippen MR) is 71.7 cm³/mol. The molecule has 1 aromatic rings. The molecule has 1 fully saturated rings. The summed E-state index contributed by atoms with van der Waals surface area (Å²) in [6.45, 7) is 2.59. The van der Waals surface area contributed by atoms with Gasteiger partial charge in [-0.05, 0) is 25.8 Å². The minimum atomic E-state index is -0.221. The van der Waals surface area contributed by atoms with Crippen molar-refractivity contribution in [1.82, 2.24) is 14.9 Å². The number of nitrogens with zero attached hydrogens (tertiary/aromatic N) is 4. The van der Waals surface area contributed by atoms with Crippen LogP contribution in [-0.2, 0) is 4.79 Å². The van der Waals surface area contributed by atoms with Crippen molar-refractivity contribution in [2.45, 2.75) is 31.8 Å². The van der Waals surface area contributed by atoms with Crippen LogP contribution in [0.5, 0.6) is 0 Å². The van der Waals surface area contributed by atoms with E-state index < -0.39 is 0 Å². The number of carbonyl (C=O) groups excluding carboxylic acids is 1. The summed E-state index contributed by atoms with van der Waals surface area (Å²) >= 11 is 0. The van der Waals surface area contributed by atoms with E-state index in [2.05, 4.69) is 9.97 Å². The molecular weight excluding hydrogens is 244 g/mol. The Morgan fingerprint density at radius 1 is 1.58 bits per heavy atom.